The van der Waals surface area contributed by atoms with Crippen LogP contribution in [0.4, 0.5) is 0 Å². The molecule has 8 aromatic heterocycles. The van der Waals surface area contributed by atoms with Crippen molar-refractivity contribution in [2.75, 3.05) is 0 Å². The Morgan fingerprint density at radius 2 is 1.44 bits per heavy atom. The third kappa shape index (κ3) is 4.32. The van der Waals surface area contributed by atoms with Crippen LogP contribution in [0, 0.1) is 0 Å². The first-order chi connectivity index (χ1) is 21.3. The molecular formula is C30H23N11OS. The van der Waals surface area contributed by atoms with E-state index in [0.29, 0.717) is 46.1 Å². The molecule has 0 N–H and O–H groups in total. The van der Waals surface area contributed by atoms with Gasteiger partial charge in [0.25, 0.3) is 0 Å². The molecule has 8 heterocycles. The molecule has 0 unspecified atom stereocenters. The molecule has 1 aliphatic carbocycles. The lowest BCUT2D eigenvalue weighted by Crippen LogP contribution is -1.97. The van der Waals surface area contributed by atoms with Gasteiger partial charge in [-0.15, -0.1) is 11.3 Å². The summed E-state index contributed by atoms with van der Waals surface area (Å²) in [6.45, 7) is 8.00. The van der Waals surface area contributed by atoms with Gasteiger partial charge in [0.2, 0.25) is 5.71 Å². The summed E-state index contributed by atoms with van der Waals surface area (Å²) in [5.41, 5.74) is 8.22. The third-order valence-corrected chi connectivity index (χ3v) is 7.62. The number of nitrogens with zero attached hydrogens (tertiary/aromatic N) is 11. The number of hydrogen-bond donors (Lipinski definition) is 0. The zero-order chi connectivity index (χ0) is 29.5. The standard InChI is InChI=1S/C26H11N11OS.2C2H6/c1-2-28-18-12-8-32-24(36-13(12)6-14(18)27-1)15-9-34-25-21(35-15)19-16(38-25)10-33-23(37-19)11-5-17-20(31-7-11)22-26(39-17)30-4-3-29-22;2*1-2/h1-5,7-10H,6H2;2*1-2H3. The Morgan fingerprint density at radius 3 is 2.35 bits per heavy atom. The number of rotatable bonds is 2. The second kappa shape index (κ2) is 10.8. The number of aromatic nitrogens is 11. The predicted octanol–water partition coefficient (Wildman–Crippen LogP) is 6.26. The Balaban J connectivity index is 0.000000723. The van der Waals surface area contributed by atoms with E-state index in [1.54, 1.807) is 49.6 Å². The average molecular weight is 586 g/mol. The van der Waals surface area contributed by atoms with Crippen LogP contribution >= 0.6 is 11.3 Å². The van der Waals surface area contributed by atoms with Crippen molar-refractivity contribution >= 4 is 54.2 Å². The summed E-state index contributed by atoms with van der Waals surface area (Å²) in [7, 11) is 0. The number of pyridine rings is 1. The van der Waals surface area contributed by atoms with Gasteiger partial charge in [0, 0.05) is 54.7 Å². The van der Waals surface area contributed by atoms with Gasteiger partial charge in [-0.25, -0.2) is 39.9 Å². The molecule has 0 aliphatic heterocycles. The quantitative estimate of drug-likeness (QED) is 0.225. The zero-order valence-electron chi connectivity index (χ0n) is 23.6. The van der Waals surface area contributed by atoms with Crippen molar-refractivity contribution in [3.05, 3.63) is 67.0 Å². The molecule has 0 aromatic carbocycles. The topological polar surface area (TPSA) is 155 Å². The maximum atomic E-state index is 5.87. The van der Waals surface area contributed by atoms with Gasteiger partial charge in [-0.3, -0.25) is 15.0 Å². The molecular weight excluding hydrogens is 562 g/mol. The third-order valence-electron chi connectivity index (χ3n) is 6.59. The van der Waals surface area contributed by atoms with Crippen LogP contribution in [0.1, 0.15) is 39.1 Å². The fourth-order valence-electron chi connectivity index (χ4n) is 4.82. The van der Waals surface area contributed by atoms with E-state index in [-0.39, 0.29) is 0 Å². The fraction of sp³-hybridized carbons (Fsp3) is 0.167. The summed E-state index contributed by atoms with van der Waals surface area (Å²) in [5.74, 6) is 0.956. The van der Waals surface area contributed by atoms with E-state index in [4.69, 9.17) is 19.4 Å². The Kier molecular flexibility index (Phi) is 6.62. The van der Waals surface area contributed by atoms with Crippen LogP contribution < -0.4 is 0 Å². The average Bonchev–Trinajstić information content (AvgIpc) is 3.76. The Bertz CT molecular complexity index is 2300. The number of furan rings is 1. The summed E-state index contributed by atoms with van der Waals surface area (Å²) in [4.78, 5) is 50.9. The molecule has 0 atom stereocenters. The SMILES string of the molecule is CC.CC.c1cnc2c(n1)Cc1nc(-c3cnc4oc5cnc(-c6cnc7c(c6)sc6nccnc67)nc5c4n3)ncc1-2. The first-order valence-electron chi connectivity index (χ1n) is 13.9. The van der Waals surface area contributed by atoms with Gasteiger partial charge < -0.3 is 4.42 Å². The second-order valence-corrected chi connectivity index (χ2v) is 9.91. The number of hydrogen-bond acceptors (Lipinski definition) is 13. The summed E-state index contributed by atoms with van der Waals surface area (Å²) in [6.07, 6.45) is 14.0. The van der Waals surface area contributed by atoms with Crippen LogP contribution in [0.2, 0.25) is 0 Å². The molecule has 0 saturated heterocycles. The normalized spacial score (nSPS) is 11.6. The molecule has 0 radical (unpaired) electrons. The van der Waals surface area contributed by atoms with Crippen molar-refractivity contribution in [2.45, 2.75) is 34.1 Å². The molecule has 12 nitrogen and oxygen atoms in total. The Labute approximate surface area is 248 Å². The minimum absolute atomic E-state index is 0.359. The molecule has 43 heavy (non-hydrogen) atoms. The molecule has 0 saturated carbocycles. The van der Waals surface area contributed by atoms with E-state index in [1.165, 1.54) is 11.3 Å². The second-order valence-electron chi connectivity index (χ2n) is 8.88. The van der Waals surface area contributed by atoms with E-state index >= 15 is 0 Å². The van der Waals surface area contributed by atoms with Gasteiger partial charge in [0.1, 0.15) is 27.1 Å². The number of fused-ring (bicyclic) bond motifs is 9. The molecule has 0 spiro atoms. The van der Waals surface area contributed by atoms with E-state index in [1.807, 2.05) is 33.8 Å². The van der Waals surface area contributed by atoms with Crippen LogP contribution in [-0.4, -0.2) is 54.8 Å². The van der Waals surface area contributed by atoms with Gasteiger partial charge in [-0.05, 0) is 6.07 Å². The molecule has 0 fully saturated rings. The summed E-state index contributed by atoms with van der Waals surface area (Å²) in [5, 5.41) is 0. The maximum absolute atomic E-state index is 5.87. The zero-order valence-corrected chi connectivity index (χ0v) is 24.5. The Hall–Kier alpha value is -5.43. The molecule has 0 amide bonds. The van der Waals surface area contributed by atoms with E-state index in [0.717, 1.165) is 48.8 Å². The van der Waals surface area contributed by atoms with Crippen LogP contribution in [0.3, 0.4) is 0 Å². The first kappa shape index (κ1) is 26.5. The highest BCUT2D eigenvalue weighted by atomic mass is 32.1. The van der Waals surface area contributed by atoms with E-state index < -0.39 is 0 Å². The lowest BCUT2D eigenvalue weighted by Gasteiger charge is -2.02. The molecule has 9 rings (SSSR count). The van der Waals surface area contributed by atoms with Crippen LogP contribution in [0.15, 0.2) is 60.1 Å². The largest absolute Gasteiger partial charge is 0.433 e. The fourth-order valence-corrected chi connectivity index (χ4v) is 5.81. The maximum Gasteiger partial charge on any atom is 0.248 e. The van der Waals surface area contributed by atoms with Gasteiger partial charge in [0.15, 0.2) is 22.7 Å². The lowest BCUT2D eigenvalue weighted by atomic mass is 10.2. The highest BCUT2D eigenvalue weighted by Crippen LogP contribution is 2.34. The van der Waals surface area contributed by atoms with Crippen molar-refractivity contribution in [3.8, 4) is 34.2 Å². The molecule has 8 aromatic rings. The minimum Gasteiger partial charge on any atom is -0.433 e. The van der Waals surface area contributed by atoms with Crippen molar-refractivity contribution < 1.29 is 4.42 Å². The van der Waals surface area contributed by atoms with Gasteiger partial charge in [-0.2, -0.15) is 0 Å². The van der Waals surface area contributed by atoms with Crippen molar-refractivity contribution in [2.24, 2.45) is 0 Å². The predicted molar refractivity (Wildman–Crippen MR) is 164 cm³/mol. The van der Waals surface area contributed by atoms with Crippen molar-refractivity contribution in [3.63, 3.8) is 0 Å². The van der Waals surface area contributed by atoms with E-state index in [2.05, 4.69) is 39.9 Å². The Morgan fingerprint density at radius 1 is 0.628 bits per heavy atom. The van der Waals surface area contributed by atoms with Crippen molar-refractivity contribution in [1.29, 1.82) is 0 Å². The minimum atomic E-state index is 0.359. The van der Waals surface area contributed by atoms with Gasteiger partial charge in [-0.1, -0.05) is 27.7 Å². The molecule has 1 aliphatic rings. The van der Waals surface area contributed by atoms with E-state index in [9.17, 15) is 0 Å². The van der Waals surface area contributed by atoms with Crippen LogP contribution in [-0.2, 0) is 6.42 Å². The molecule has 13 heteroatoms. The lowest BCUT2D eigenvalue weighted by molar-refractivity contribution is 0.650. The van der Waals surface area contributed by atoms with Crippen LogP contribution in [0.25, 0.3) is 77.1 Å². The molecule has 0 bridgehead atoms. The van der Waals surface area contributed by atoms with Crippen molar-refractivity contribution in [1.82, 2.24) is 54.8 Å². The highest BCUT2D eigenvalue weighted by molar-refractivity contribution is 7.25. The monoisotopic (exact) mass is 585 g/mol. The summed E-state index contributed by atoms with van der Waals surface area (Å²) in [6, 6.07) is 2.00. The highest BCUT2D eigenvalue weighted by Gasteiger charge is 2.24. The van der Waals surface area contributed by atoms with Crippen LogP contribution in [0.5, 0.6) is 0 Å². The summed E-state index contributed by atoms with van der Waals surface area (Å²) >= 11 is 1.53. The molecule has 210 valence electrons. The summed E-state index contributed by atoms with van der Waals surface area (Å²) < 4.78 is 6.83. The van der Waals surface area contributed by atoms with Gasteiger partial charge >= 0.3 is 0 Å². The smallest absolute Gasteiger partial charge is 0.248 e. The number of thiophene rings is 1. The van der Waals surface area contributed by atoms with Gasteiger partial charge in [0.05, 0.1) is 34.2 Å². The first-order valence-corrected chi connectivity index (χ1v) is 14.7.